The van der Waals surface area contributed by atoms with E-state index in [1.807, 2.05) is 0 Å². The Bertz CT molecular complexity index is 153. The average molecular weight is 313 g/mol. The fourth-order valence-electron chi connectivity index (χ4n) is 1.29. The zero-order valence-corrected chi connectivity index (χ0v) is 11.2. The molecule has 14 heavy (non-hydrogen) atoms. The molecule has 0 aliphatic carbocycles. The lowest BCUT2D eigenvalue weighted by atomic mass is 10.3. The number of nitrogens with zero attached hydrogens (tertiary/aromatic N) is 1. The van der Waals surface area contributed by atoms with Crippen molar-refractivity contribution < 1.29 is 9.53 Å². The first kappa shape index (κ1) is 14.2. The molecule has 4 heteroatoms. The third-order valence-electron chi connectivity index (χ3n) is 1.99. The number of rotatable bonds is 8. The minimum Gasteiger partial charge on any atom is -0.457 e. The Morgan fingerprint density at radius 3 is 2.43 bits per heavy atom. The summed E-state index contributed by atoms with van der Waals surface area (Å²) in [6.45, 7) is 7.95. The Morgan fingerprint density at radius 2 is 1.93 bits per heavy atom. The zero-order valence-electron chi connectivity index (χ0n) is 9.09. The highest BCUT2D eigenvalue weighted by Gasteiger charge is 2.03. The molecule has 0 unspecified atom stereocenters. The number of carbonyl (C=O) groups is 1. The van der Waals surface area contributed by atoms with Gasteiger partial charge >= 0.3 is 3.98 Å². The minimum atomic E-state index is -0.213. The van der Waals surface area contributed by atoms with E-state index in [2.05, 4.69) is 18.7 Å². The smallest absolute Gasteiger partial charge is 0.367 e. The second-order valence-electron chi connectivity index (χ2n) is 3.28. The van der Waals surface area contributed by atoms with E-state index < -0.39 is 0 Å². The van der Waals surface area contributed by atoms with Crippen molar-refractivity contribution in [2.24, 2.45) is 0 Å². The van der Waals surface area contributed by atoms with Gasteiger partial charge in [0.05, 0.1) is 22.6 Å². The summed E-state index contributed by atoms with van der Waals surface area (Å²) in [5.74, 6) is 0. The Balaban J connectivity index is 3.55. The molecule has 3 nitrogen and oxygen atoms in total. The second kappa shape index (κ2) is 9.71. The summed E-state index contributed by atoms with van der Waals surface area (Å²) in [7, 11) is 0. The number of ether oxygens (including phenoxy) is 1. The van der Waals surface area contributed by atoms with E-state index in [9.17, 15) is 4.79 Å². The molecule has 0 amide bonds. The standard InChI is InChI=1S/C10H20INO2/c1-3-5-7-12(6-4-2)8-9-14-10(11)13/h3-9H2,1-2H3. The van der Waals surface area contributed by atoms with Crippen molar-refractivity contribution in [1.29, 1.82) is 0 Å². The van der Waals surface area contributed by atoms with Gasteiger partial charge in [-0.3, -0.25) is 4.90 Å². The van der Waals surface area contributed by atoms with Crippen molar-refractivity contribution in [3.8, 4) is 0 Å². The van der Waals surface area contributed by atoms with Gasteiger partial charge in [0.2, 0.25) is 0 Å². The summed E-state index contributed by atoms with van der Waals surface area (Å²) in [6, 6.07) is 0. The van der Waals surface area contributed by atoms with Crippen LogP contribution >= 0.6 is 22.6 Å². The average Bonchev–Trinajstić information content (AvgIpc) is 2.13. The highest BCUT2D eigenvalue weighted by atomic mass is 127. The van der Waals surface area contributed by atoms with Gasteiger partial charge in [-0.1, -0.05) is 20.3 Å². The first-order valence-electron chi connectivity index (χ1n) is 5.25. The normalized spacial score (nSPS) is 10.6. The third kappa shape index (κ3) is 8.74. The Labute approximate surface area is 100 Å². The molecule has 0 radical (unpaired) electrons. The van der Waals surface area contributed by atoms with Crippen LogP contribution in [0.1, 0.15) is 33.1 Å². The van der Waals surface area contributed by atoms with Crippen molar-refractivity contribution in [3.63, 3.8) is 0 Å². The van der Waals surface area contributed by atoms with Gasteiger partial charge in [0, 0.05) is 6.54 Å². The Morgan fingerprint density at radius 1 is 1.21 bits per heavy atom. The Kier molecular flexibility index (Phi) is 9.82. The molecule has 0 aromatic carbocycles. The van der Waals surface area contributed by atoms with Gasteiger partial charge in [-0.05, 0) is 25.9 Å². The lowest BCUT2D eigenvalue weighted by molar-refractivity contribution is 0.152. The SMILES string of the molecule is CCCCN(CCC)CCOC(=O)I. The van der Waals surface area contributed by atoms with Gasteiger partial charge in [-0.2, -0.15) is 0 Å². The van der Waals surface area contributed by atoms with E-state index in [1.54, 1.807) is 22.6 Å². The van der Waals surface area contributed by atoms with Gasteiger partial charge in [0.25, 0.3) is 0 Å². The molecular formula is C10H20INO2. The molecule has 0 bridgehead atoms. The van der Waals surface area contributed by atoms with Crippen LogP contribution in [0.3, 0.4) is 0 Å². The lowest BCUT2D eigenvalue weighted by Gasteiger charge is -2.20. The van der Waals surface area contributed by atoms with Crippen LogP contribution in [0.25, 0.3) is 0 Å². The molecule has 0 N–H and O–H groups in total. The molecule has 0 aliphatic rings. The van der Waals surface area contributed by atoms with Crippen LogP contribution in [-0.4, -0.2) is 35.1 Å². The molecule has 0 saturated carbocycles. The first-order chi connectivity index (χ1) is 6.70. The molecule has 0 spiro atoms. The summed E-state index contributed by atoms with van der Waals surface area (Å²) >= 11 is 1.66. The Hall–Kier alpha value is 0.160. The summed E-state index contributed by atoms with van der Waals surface area (Å²) in [5, 5.41) is 0. The van der Waals surface area contributed by atoms with Gasteiger partial charge < -0.3 is 4.74 Å². The van der Waals surface area contributed by atoms with Crippen molar-refractivity contribution in [2.75, 3.05) is 26.2 Å². The largest absolute Gasteiger partial charge is 0.457 e. The van der Waals surface area contributed by atoms with Gasteiger partial charge in [-0.25, -0.2) is 4.79 Å². The fraction of sp³-hybridized carbons (Fsp3) is 0.900. The highest BCUT2D eigenvalue weighted by molar-refractivity contribution is 14.1. The van der Waals surface area contributed by atoms with E-state index in [0.29, 0.717) is 6.61 Å². The molecule has 0 saturated heterocycles. The number of hydrogen-bond donors (Lipinski definition) is 0. The number of carbonyl (C=O) groups excluding carboxylic acids is 1. The maximum absolute atomic E-state index is 10.5. The summed E-state index contributed by atoms with van der Waals surface area (Å²) in [6.07, 6.45) is 3.59. The molecule has 0 rings (SSSR count). The molecule has 0 fully saturated rings. The summed E-state index contributed by atoms with van der Waals surface area (Å²) < 4.78 is 4.69. The van der Waals surface area contributed by atoms with Crippen LogP contribution in [-0.2, 0) is 4.74 Å². The molecule has 0 heterocycles. The maximum Gasteiger partial charge on any atom is 0.367 e. The van der Waals surface area contributed by atoms with Crippen molar-refractivity contribution >= 4 is 26.6 Å². The van der Waals surface area contributed by atoms with Crippen LogP contribution in [0.5, 0.6) is 0 Å². The molecular weight excluding hydrogens is 293 g/mol. The van der Waals surface area contributed by atoms with Gasteiger partial charge in [0.1, 0.15) is 6.61 Å². The minimum absolute atomic E-state index is 0.213. The van der Waals surface area contributed by atoms with Crippen molar-refractivity contribution in [2.45, 2.75) is 33.1 Å². The second-order valence-corrected chi connectivity index (χ2v) is 4.16. The van der Waals surface area contributed by atoms with E-state index in [0.717, 1.165) is 26.1 Å². The van der Waals surface area contributed by atoms with Crippen LogP contribution < -0.4 is 0 Å². The third-order valence-corrected chi connectivity index (χ3v) is 2.30. The monoisotopic (exact) mass is 313 g/mol. The highest BCUT2D eigenvalue weighted by Crippen LogP contribution is 1.98. The predicted molar refractivity (Wildman–Crippen MR) is 67.0 cm³/mol. The maximum atomic E-state index is 10.5. The predicted octanol–water partition coefficient (Wildman–Crippen LogP) is 3.07. The van der Waals surface area contributed by atoms with Crippen LogP contribution in [0.4, 0.5) is 4.79 Å². The van der Waals surface area contributed by atoms with E-state index >= 15 is 0 Å². The molecule has 0 atom stereocenters. The number of hydrogen-bond acceptors (Lipinski definition) is 3. The van der Waals surface area contributed by atoms with Crippen molar-refractivity contribution in [3.05, 3.63) is 0 Å². The lowest BCUT2D eigenvalue weighted by Crippen LogP contribution is -2.29. The number of unbranched alkanes of at least 4 members (excludes halogenated alkanes) is 1. The van der Waals surface area contributed by atoms with Crippen LogP contribution in [0.15, 0.2) is 0 Å². The van der Waals surface area contributed by atoms with Crippen LogP contribution in [0, 0.1) is 0 Å². The topological polar surface area (TPSA) is 29.5 Å². The quantitative estimate of drug-likeness (QED) is 0.509. The fourth-order valence-corrected chi connectivity index (χ4v) is 1.51. The van der Waals surface area contributed by atoms with Gasteiger partial charge in [-0.15, -0.1) is 0 Å². The molecule has 0 aromatic rings. The van der Waals surface area contributed by atoms with E-state index in [1.165, 1.54) is 12.8 Å². The summed E-state index contributed by atoms with van der Waals surface area (Å²) in [4.78, 5) is 12.9. The first-order valence-corrected chi connectivity index (χ1v) is 6.33. The van der Waals surface area contributed by atoms with E-state index in [4.69, 9.17) is 4.74 Å². The summed E-state index contributed by atoms with van der Waals surface area (Å²) in [5.41, 5.74) is 0. The molecule has 0 aliphatic heterocycles. The zero-order chi connectivity index (χ0) is 10.8. The van der Waals surface area contributed by atoms with Crippen LogP contribution in [0.2, 0.25) is 0 Å². The molecule has 0 aromatic heterocycles. The van der Waals surface area contributed by atoms with E-state index in [-0.39, 0.29) is 3.98 Å². The number of halogens is 1. The molecule has 84 valence electrons. The van der Waals surface area contributed by atoms with Crippen molar-refractivity contribution in [1.82, 2.24) is 4.90 Å². The van der Waals surface area contributed by atoms with Gasteiger partial charge in [0.15, 0.2) is 0 Å².